The molecule has 1 atom stereocenters. The van der Waals surface area contributed by atoms with Crippen LogP contribution in [0.2, 0.25) is 0 Å². The van der Waals surface area contributed by atoms with Crippen molar-refractivity contribution in [3.63, 3.8) is 0 Å². The zero-order valence-electron chi connectivity index (χ0n) is 1.69. The average molecular weight is 179 g/mol. The fraction of sp³-hybridized carbons (Fsp3) is 0. The Bertz CT molecular complexity index is 8.00. The van der Waals surface area contributed by atoms with Crippen molar-refractivity contribution in [1.82, 2.24) is 0 Å². The maximum atomic E-state index is 4.56. The van der Waals surface area contributed by atoms with Crippen molar-refractivity contribution in [3.8, 4) is 0 Å². The molecule has 29 valence electrons. The molecule has 1 unspecified atom stereocenters. The van der Waals surface area contributed by atoms with E-state index in [0.29, 0.717) is 0 Å². The molecule has 0 saturated carbocycles. The molecule has 0 nitrogen and oxygen atoms in total. The Balaban J connectivity index is -0.00000000500. The van der Waals surface area contributed by atoms with Gasteiger partial charge in [0.1, 0.15) is 0 Å². The molecule has 0 aliphatic heterocycles. The summed E-state index contributed by atoms with van der Waals surface area (Å²) in [5.41, 5.74) is 0. The standard InChI is InChI=1S/ClH2P.Fe.Mn/c1-2;;/h2H2;;. The number of halogens is 1. The molecule has 0 aromatic carbocycles. The third kappa shape index (κ3) is 9.25. The molecular formula is H2ClFeMnP. The maximum absolute atomic E-state index is 4.56. The van der Waals surface area contributed by atoms with E-state index in [1.54, 1.807) is 0 Å². The van der Waals surface area contributed by atoms with Crippen molar-refractivity contribution in [1.29, 1.82) is 0 Å². The summed E-state index contributed by atoms with van der Waals surface area (Å²) in [6, 6.07) is 0. The van der Waals surface area contributed by atoms with E-state index in [0.717, 1.165) is 0 Å². The third-order valence-electron chi connectivity index (χ3n) is 0. The molecule has 0 N–H and O–H groups in total. The van der Waals surface area contributed by atoms with Gasteiger partial charge in [0.05, 0.1) is 0 Å². The van der Waals surface area contributed by atoms with Crippen LogP contribution in [0.15, 0.2) is 0 Å². The summed E-state index contributed by atoms with van der Waals surface area (Å²) >= 11 is 4.56. The summed E-state index contributed by atoms with van der Waals surface area (Å²) in [4.78, 5) is 0. The van der Waals surface area contributed by atoms with E-state index in [1.165, 1.54) is 0 Å². The van der Waals surface area contributed by atoms with Crippen molar-refractivity contribution >= 4 is 19.8 Å². The van der Waals surface area contributed by atoms with Gasteiger partial charge in [0, 0.05) is 34.1 Å². The minimum absolute atomic E-state index is 0. The molecule has 0 fully saturated rings. The van der Waals surface area contributed by atoms with Crippen LogP contribution in [0.25, 0.3) is 0 Å². The largest absolute Gasteiger partial charge is 0.104 e. The Morgan fingerprint density at radius 2 is 1.25 bits per heavy atom. The molecular weight excluding hydrogens is 177 g/mol. The van der Waals surface area contributed by atoms with Gasteiger partial charge in [-0.1, -0.05) is 0 Å². The zero-order chi connectivity index (χ0) is 2.00. The van der Waals surface area contributed by atoms with E-state index in [1.807, 2.05) is 8.59 Å². The van der Waals surface area contributed by atoms with Gasteiger partial charge in [0.25, 0.3) is 0 Å². The molecule has 0 heterocycles. The minimum Gasteiger partial charge on any atom is -0.104 e. The van der Waals surface area contributed by atoms with Crippen molar-refractivity contribution < 1.29 is 34.1 Å². The van der Waals surface area contributed by atoms with Gasteiger partial charge < -0.3 is 0 Å². The number of hydrogen-bond donors (Lipinski definition) is 0. The number of hydrogen-bond acceptors (Lipinski definition) is 0. The Kier molecular flexibility index (Phi) is 93.1. The van der Waals surface area contributed by atoms with Crippen molar-refractivity contribution in [2.24, 2.45) is 0 Å². The molecule has 0 spiro atoms. The SMILES string of the molecule is PCl.[Fe].[Mn]. The summed E-state index contributed by atoms with van der Waals surface area (Å²) in [6.07, 6.45) is 0. The second-order valence-electron chi connectivity index (χ2n) is 0. The van der Waals surface area contributed by atoms with Crippen molar-refractivity contribution in [3.05, 3.63) is 0 Å². The van der Waals surface area contributed by atoms with Gasteiger partial charge in [-0.3, -0.25) is 0 Å². The Labute approximate surface area is 54.0 Å². The van der Waals surface area contributed by atoms with Gasteiger partial charge in [-0.15, -0.1) is 11.2 Å². The maximum Gasteiger partial charge on any atom is 0 e. The molecule has 0 bridgehead atoms. The molecule has 4 heavy (non-hydrogen) atoms. The predicted molar refractivity (Wildman–Crippen MR) is 15.6 cm³/mol. The molecule has 0 amide bonds. The van der Waals surface area contributed by atoms with Crippen LogP contribution in [0.5, 0.6) is 0 Å². The molecule has 0 aromatic heterocycles. The summed E-state index contributed by atoms with van der Waals surface area (Å²) in [6.45, 7) is 0. The van der Waals surface area contributed by atoms with E-state index >= 15 is 0 Å². The fourth-order valence-corrected chi connectivity index (χ4v) is 0. The molecule has 0 aliphatic carbocycles. The molecule has 1 radical (unpaired) electrons. The first-order valence-electron chi connectivity index (χ1n) is 0.218. The van der Waals surface area contributed by atoms with Gasteiger partial charge >= 0.3 is 0 Å². The van der Waals surface area contributed by atoms with E-state index < -0.39 is 0 Å². The minimum atomic E-state index is 0. The summed E-state index contributed by atoms with van der Waals surface area (Å²) in [5.74, 6) is 0. The van der Waals surface area contributed by atoms with Crippen LogP contribution in [0.1, 0.15) is 0 Å². The Hall–Kier alpha value is 1.76. The summed E-state index contributed by atoms with van der Waals surface area (Å²) in [5, 5.41) is 0. The first-order chi connectivity index (χ1) is 1.00. The van der Waals surface area contributed by atoms with Crippen LogP contribution >= 0.6 is 19.8 Å². The van der Waals surface area contributed by atoms with Crippen molar-refractivity contribution in [2.75, 3.05) is 0 Å². The van der Waals surface area contributed by atoms with Crippen LogP contribution in [0.3, 0.4) is 0 Å². The fourth-order valence-electron chi connectivity index (χ4n) is 0. The second kappa shape index (κ2) is 21.7. The van der Waals surface area contributed by atoms with Gasteiger partial charge in [0.15, 0.2) is 0 Å². The van der Waals surface area contributed by atoms with E-state index in [-0.39, 0.29) is 34.1 Å². The number of rotatable bonds is 0. The average Bonchev–Trinajstić information content (AvgIpc) is 1.00. The first-order valence-corrected chi connectivity index (χ1v) is 1.96. The molecule has 0 aliphatic rings. The van der Waals surface area contributed by atoms with Crippen LogP contribution in [0, 0.1) is 0 Å². The van der Waals surface area contributed by atoms with Crippen LogP contribution < -0.4 is 0 Å². The van der Waals surface area contributed by atoms with Crippen LogP contribution in [0.4, 0.5) is 0 Å². The van der Waals surface area contributed by atoms with Gasteiger partial charge in [-0.25, -0.2) is 0 Å². The molecule has 0 saturated heterocycles. The van der Waals surface area contributed by atoms with E-state index in [2.05, 4.69) is 11.2 Å². The Morgan fingerprint density at radius 3 is 1.25 bits per heavy atom. The molecule has 0 aromatic rings. The molecule has 0 rings (SSSR count). The predicted octanol–water partition coefficient (Wildman–Crippen LogP) is 1.01. The van der Waals surface area contributed by atoms with E-state index in [9.17, 15) is 0 Å². The van der Waals surface area contributed by atoms with Crippen molar-refractivity contribution in [2.45, 2.75) is 0 Å². The summed E-state index contributed by atoms with van der Waals surface area (Å²) < 4.78 is 0. The van der Waals surface area contributed by atoms with Crippen LogP contribution in [-0.4, -0.2) is 0 Å². The van der Waals surface area contributed by atoms with Gasteiger partial charge in [-0.2, -0.15) is 0 Å². The Morgan fingerprint density at radius 1 is 1.25 bits per heavy atom. The normalized spacial score (nSPS) is 1.50. The second-order valence-corrected chi connectivity index (χ2v) is 0. The van der Waals surface area contributed by atoms with Gasteiger partial charge in [-0.05, 0) is 8.59 Å². The quantitative estimate of drug-likeness (QED) is 0.384. The molecule has 4 heteroatoms. The zero-order valence-corrected chi connectivity index (χ0v) is 5.88. The third-order valence-corrected chi connectivity index (χ3v) is 0. The van der Waals surface area contributed by atoms with Crippen LogP contribution in [-0.2, 0) is 34.1 Å². The first kappa shape index (κ1) is 17.1. The van der Waals surface area contributed by atoms with E-state index in [4.69, 9.17) is 0 Å². The summed E-state index contributed by atoms with van der Waals surface area (Å²) in [7, 11) is 1.89. The van der Waals surface area contributed by atoms with Gasteiger partial charge in [0.2, 0.25) is 0 Å². The smallest absolute Gasteiger partial charge is 0 e. The monoisotopic (exact) mass is 179 g/mol. The topological polar surface area (TPSA) is 0 Å².